The van der Waals surface area contributed by atoms with E-state index in [9.17, 15) is 5.26 Å². The van der Waals surface area contributed by atoms with Gasteiger partial charge >= 0.3 is 0 Å². The second-order valence-electron chi connectivity index (χ2n) is 5.30. The molecule has 1 aliphatic carbocycles. The molecule has 2 unspecified atom stereocenters. The van der Waals surface area contributed by atoms with Gasteiger partial charge in [0.25, 0.3) is 0 Å². The Hall–Kier alpha value is -0.590. The minimum Gasteiger partial charge on any atom is -0.297 e. The molecule has 0 aromatic rings. The Kier molecular flexibility index (Phi) is 2.22. The highest BCUT2D eigenvalue weighted by atomic mass is 15.3. The predicted molar refractivity (Wildman–Crippen MR) is 58.3 cm³/mol. The molecule has 2 atom stereocenters. The third-order valence-electron chi connectivity index (χ3n) is 4.21. The van der Waals surface area contributed by atoms with Crippen molar-refractivity contribution in [2.75, 3.05) is 13.1 Å². The number of nitrogens with zero attached hydrogens (tertiary/aromatic N) is 2. The molecule has 0 bridgehead atoms. The Morgan fingerprint density at radius 2 is 2.07 bits per heavy atom. The average molecular weight is 205 g/mol. The summed E-state index contributed by atoms with van der Waals surface area (Å²) in [6.07, 6.45) is 7.42. The lowest BCUT2D eigenvalue weighted by molar-refractivity contribution is 0.159. The quantitative estimate of drug-likeness (QED) is 0.737. The van der Waals surface area contributed by atoms with Gasteiger partial charge in [0.05, 0.1) is 6.07 Å². The highest BCUT2D eigenvalue weighted by Crippen LogP contribution is 2.37. The number of rotatable bonds is 2. The van der Waals surface area contributed by atoms with E-state index in [4.69, 9.17) is 0 Å². The number of nitrogens with one attached hydrogen (secondary N) is 1. The molecule has 82 valence electrons. The van der Waals surface area contributed by atoms with E-state index in [0.717, 1.165) is 13.0 Å². The zero-order valence-corrected chi connectivity index (χ0v) is 9.21. The molecule has 3 nitrogen and oxygen atoms in total. The van der Waals surface area contributed by atoms with Crippen molar-refractivity contribution >= 4 is 0 Å². The van der Waals surface area contributed by atoms with Gasteiger partial charge in [0, 0.05) is 18.6 Å². The molecule has 3 aliphatic rings. The number of nitriles is 1. The van der Waals surface area contributed by atoms with E-state index in [-0.39, 0.29) is 5.54 Å². The molecule has 1 N–H and O–H groups in total. The van der Waals surface area contributed by atoms with Crippen LogP contribution in [0, 0.1) is 11.3 Å². The van der Waals surface area contributed by atoms with Crippen LogP contribution in [0.3, 0.4) is 0 Å². The SMILES string of the molecule is N#CC1(NC2CC2)CCN2CCCCC21. The maximum Gasteiger partial charge on any atom is 0.123 e. The summed E-state index contributed by atoms with van der Waals surface area (Å²) in [4.78, 5) is 2.53. The van der Waals surface area contributed by atoms with Crippen molar-refractivity contribution in [3.63, 3.8) is 0 Å². The summed E-state index contributed by atoms with van der Waals surface area (Å²) in [5.41, 5.74) is -0.207. The lowest BCUT2D eigenvalue weighted by Crippen LogP contribution is -2.55. The van der Waals surface area contributed by atoms with E-state index in [1.165, 1.54) is 38.6 Å². The number of fused-ring (bicyclic) bond motifs is 1. The zero-order valence-electron chi connectivity index (χ0n) is 9.21. The fraction of sp³-hybridized carbons (Fsp3) is 0.917. The van der Waals surface area contributed by atoms with Crippen molar-refractivity contribution in [1.82, 2.24) is 10.2 Å². The summed E-state index contributed by atoms with van der Waals surface area (Å²) < 4.78 is 0. The van der Waals surface area contributed by atoms with E-state index in [2.05, 4.69) is 16.3 Å². The first kappa shape index (κ1) is 9.62. The van der Waals surface area contributed by atoms with Gasteiger partial charge in [0.2, 0.25) is 0 Å². The second-order valence-corrected chi connectivity index (χ2v) is 5.30. The molecule has 3 heteroatoms. The van der Waals surface area contributed by atoms with Crippen LogP contribution in [0.4, 0.5) is 0 Å². The van der Waals surface area contributed by atoms with Gasteiger partial charge in [-0.1, -0.05) is 6.42 Å². The number of hydrogen-bond acceptors (Lipinski definition) is 3. The summed E-state index contributed by atoms with van der Waals surface area (Å²) in [7, 11) is 0. The Labute approximate surface area is 91.4 Å². The Morgan fingerprint density at radius 3 is 2.80 bits per heavy atom. The van der Waals surface area contributed by atoms with Gasteiger partial charge < -0.3 is 0 Å². The van der Waals surface area contributed by atoms with Crippen LogP contribution in [-0.2, 0) is 0 Å². The minimum atomic E-state index is -0.207. The molecule has 2 aliphatic heterocycles. The van der Waals surface area contributed by atoms with E-state index in [1.54, 1.807) is 0 Å². The molecule has 0 aromatic carbocycles. The molecule has 0 spiro atoms. The molecular formula is C12H19N3. The third-order valence-corrected chi connectivity index (χ3v) is 4.21. The molecule has 15 heavy (non-hydrogen) atoms. The zero-order chi connectivity index (χ0) is 10.3. The van der Waals surface area contributed by atoms with Gasteiger partial charge in [0.15, 0.2) is 0 Å². The van der Waals surface area contributed by atoms with Crippen molar-refractivity contribution in [2.45, 2.75) is 56.1 Å². The van der Waals surface area contributed by atoms with E-state index in [1.807, 2.05) is 0 Å². The van der Waals surface area contributed by atoms with Crippen LogP contribution in [0.2, 0.25) is 0 Å². The number of piperidine rings is 1. The lowest BCUT2D eigenvalue weighted by atomic mass is 9.86. The van der Waals surface area contributed by atoms with Crippen molar-refractivity contribution in [3.05, 3.63) is 0 Å². The summed E-state index contributed by atoms with van der Waals surface area (Å²) >= 11 is 0. The predicted octanol–water partition coefficient (Wildman–Crippen LogP) is 1.26. The Bertz CT molecular complexity index is 292. The van der Waals surface area contributed by atoms with Gasteiger partial charge in [0.1, 0.15) is 5.54 Å². The molecule has 0 aromatic heterocycles. The average Bonchev–Trinajstić information content (AvgIpc) is 3.01. The van der Waals surface area contributed by atoms with Crippen molar-refractivity contribution in [3.8, 4) is 6.07 Å². The first-order valence-electron chi connectivity index (χ1n) is 6.27. The monoisotopic (exact) mass is 205 g/mol. The normalized spacial score (nSPS) is 41.1. The third kappa shape index (κ3) is 1.56. The first-order chi connectivity index (χ1) is 7.34. The van der Waals surface area contributed by atoms with E-state index in [0.29, 0.717) is 12.1 Å². The molecule has 3 fully saturated rings. The summed E-state index contributed by atoms with van der Waals surface area (Å²) in [6, 6.07) is 3.74. The molecule has 2 heterocycles. The topological polar surface area (TPSA) is 39.1 Å². The van der Waals surface area contributed by atoms with Crippen molar-refractivity contribution in [2.24, 2.45) is 0 Å². The van der Waals surface area contributed by atoms with Gasteiger partial charge in [-0.3, -0.25) is 10.2 Å². The van der Waals surface area contributed by atoms with E-state index >= 15 is 0 Å². The van der Waals surface area contributed by atoms with Crippen molar-refractivity contribution in [1.29, 1.82) is 5.26 Å². The maximum absolute atomic E-state index is 9.49. The summed E-state index contributed by atoms with van der Waals surface area (Å²) in [6.45, 7) is 2.33. The molecule has 0 amide bonds. The molecule has 1 saturated carbocycles. The van der Waals surface area contributed by atoms with Crippen LogP contribution < -0.4 is 5.32 Å². The fourth-order valence-electron chi connectivity index (χ4n) is 3.23. The van der Waals surface area contributed by atoms with Crippen LogP contribution in [-0.4, -0.2) is 35.6 Å². The summed E-state index contributed by atoms with van der Waals surface area (Å²) in [5, 5.41) is 13.1. The minimum absolute atomic E-state index is 0.207. The standard InChI is InChI=1S/C12H19N3/c13-9-12(14-10-4-5-10)6-8-15-7-2-1-3-11(12)15/h10-11,14H,1-8H2. The van der Waals surface area contributed by atoms with Crippen LogP contribution in [0.5, 0.6) is 0 Å². The van der Waals surface area contributed by atoms with Crippen LogP contribution in [0.1, 0.15) is 38.5 Å². The second kappa shape index (κ2) is 3.47. The molecular weight excluding hydrogens is 186 g/mol. The van der Waals surface area contributed by atoms with Gasteiger partial charge in [-0.2, -0.15) is 5.26 Å². The van der Waals surface area contributed by atoms with Gasteiger partial charge in [-0.05, 0) is 38.6 Å². The largest absolute Gasteiger partial charge is 0.297 e. The molecule has 0 radical (unpaired) electrons. The lowest BCUT2D eigenvalue weighted by Gasteiger charge is -2.37. The molecule has 2 saturated heterocycles. The van der Waals surface area contributed by atoms with Crippen molar-refractivity contribution < 1.29 is 0 Å². The highest BCUT2D eigenvalue weighted by molar-refractivity contribution is 5.20. The van der Waals surface area contributed by atoms with Crippen LogP contribution in [0.15, 0.2) is 0 Å². The summed E-state index contributed by atoms with van der Waals surface area (Å²) in [5.74, 6) is 0. The van der Waals surface area contributed by atoms with E-state index < -0.39 is 0 Å². The Morgan fingerprint density at radius 1 is 1.20 bits per heavy atom. The fourth-order valence-corrected chi connectivity index (χ4v) is 3.23. The van der Waals surface area contributed by atoms with Crippen LogP contribution in [0.25, 0.3) is 0 Å². The smallest absolute Gasteiger partial charge is 0.123 e. The Balaban J connectivity index is 1.79. The molecule has 3 rings (SSSR count). The first-order valence-corrected chi connectivity index (χ1v) is 6.27. The van der Waals surface area contributed by atoms with Crippen LogP contribution >= 0.6 is 0 Å². The highest BCUT2D eigenvalue weighted by Gasteiger charge is 2.50. The van der Waals surface area contributed by atoms with Gasteiger partial charge in [-0.25, -0.2) is 0 Å². The maximum atomic E-state index is 9.49. The number of hydrogen-bond donors (Lipinski definition) is 1. The van der Waals surface area contributed by atoms with Gasteiger partial charge in [-0.15, -0.1) is 0 Å².